The molecule has 7 heteroatoms. The summed E-state index contributed by atoms with van der Waals surface area (Å²) in [5, 5.41) is 9.83. The van der Waals surface area contributed by atoms with E-state index < -0.39 is 17.4 Å². The molecule has 1 unspecified atom stereocenters. The SMILES string of the molecule is Cc1oc(-c2ccccc2)nc1COc1cccc(C(C)(C)C(=O)N2c3ccccc3CC2C(=O)O)c1. The van der Waals surface area contributed by atoms with Crippen molar-refractivity contribution in [3.63, 3.8) is 0 Å². The number of carbonyl (C=O) groups excluding carboxylic acids is 1. The fraction of sp³-hybridized carbons (Fsp3) is 0.233. The van der Waals surface area contributed by atoms with Crippen LogP contribution in [0.4, 0.5) is 5.69 Å². The second kappa shape index (κ2) is 9.58. The van der Waals surface area contributed by atoms with Crippen molar-refractivity contribution in [3.8, 4) is 17.2 Å². The van der Waals surface area contributed by atoms with E-state index in [4.69, 9.17) is 9.15 Å². The first-order chi connectivity index (χ1) is 17.8. The van der Waals surface area contributed by atoms with E-state index >= 15 is 0 Å². The van der Waals surface area contributed by atoms with Gasteiger partial charge in [0.05, 0.1) is 5.41 Å². The quantitative estimate of drug-likeness (QED) is 0.361. The number of aryl methyl sites for hydroxylation is 1. The summed E-state index contributed by atoms with van der Waals surface area (Å²) in [6.07, 6.45) is 0.290. The zero-order valence-electron chi connectivity index (χ0n) is 21.0. The lowest BCUT2D eigenvalue weighted by Crippen LogP contribution is -2.50. The summed E-state index contributed by atoms with van der Waals surface area (Å²) in [4.78, 5) is 31.8. The summed E-state index contributed by atoms with van der Waals surface area (Å²) >= 11 is 0. The molecule has 4 aromatic rings. The molecule has 1 aromatic heterocycles. The second-order valence-electron chi connectivity index (χ2n) is 9.69. The predicted molar refractivity (Wildman–Crippen MR) is 140 cm³/mol. The van der Waals surface area contributed by atoms with Crippen LogP contribution in [0.3, 0.4) is 0 Å². The van der Waals surface area contributed by atoms with Crippen LogP contribution in [-0.4, -0.2) is 28.0 Å². The minimum absolute atomic E-state index is 0.209. The minimum atomic E-state index is -1.02. The van der Waals surface area contributed by atoms with Gasteiger partial charge in [-0.1, -0.05) is 48.5 Å². The number of oxazole rings is 1. The Balaban J connectivity index is 1.36. The number of aromatic nitrogens is 1. The minimum Gasteiger partial charge on any atom is -0.487 e. The van der Waals surface area contributed by atoms with Crippen LogP contribution in [0.1, 0.15) is 36.4 Å². The number of fused-ring (bicyclic) bond motifs is 1. The number of benzene rings is 3. The zero-order valence-corrected chi connectivity index (χ0v) is 21.0. The molecule has 0 saturated heterocycles. The Morgan fingerprint density at radius 3 is 2.54 bits per heavy atom. The fourth-order valence-corrected chi connectivity index (χ4v) is 4.65. The number of carboxylic acid groups (broad SMARTS) is 1. The molecule has 0 fully saturated rings. The number of aliphatic carboxylic acids is 1. The van der Waals surface area contributed by atoms with Gasteiger partial charge >= 0.3 is 5.97 Å². The van der Waals surface area contributed by atoms with Crippen molar-refractivity contribution in [3.05, 3.63) is 101 Å². The smallest absolute Gasteiger partial charge is 0.327 e. The normalized spacial score (nSPS) is 14.9. The van der Waals surface area contributed by atoms with Gasteiger partial charge in [0.15, 0.2) is 0 Å². The van der Waals surface area contributed by atoms with Crippen molar-refractivity contribution in [1.82, 2.24) is 4.98 Å². The molecule has 3 aromatic carbocycles. The molecule has 0 radical (unpaired) electrons. The fourth-order valence-electron chi connectivity index (χ4n) is 4.65. The molecule has 188 valence electrons. The lowest BCUT2D eigenvalue weighted by Gasteiger charge is -2.32. The summed E-state index contributed by atoms with van der Waals surface area (Å²) in [5.74, 6) is 0.504. The van der Waals surface area contributed by atoms with E-state index in [2.05, 4.69) is 4.98 Å². The summed E-state index contributed by atoms with van der Waals surface area (Å²) in [6.45, 7) is 5.67. The molecule has 0 aliphatic carbocycles. The highest BCUT2D eigenvalue weighted by atomic mass is 16.5. The van der Waals surface area contributed by atoms with Crippen molar-refractivity contribution in [2.45, 2.75) is 45.3 Å². The molecule has 1 amide bonds. The van der Waals surface area contributed by atoms with Crippen LogP contribution < -0.4 is 9.64 Å². The Labute approximate surface area is 215 Å². The number of carbonyl (C=O) groups is 2. The second-order valence-corrected chi connectivity index (χ2v) is 9.69. The van der Waals surface area contributed by atoms with E-state index in [0.29, 0.717) is 35.2 Å². The average Bonchev–Trinajstić information content (AvgIpc) is 3.48. The number of amides is 1. The van der Waals surface area contributed by atoms with E-state index in [9.17, 15) is 14.7 Å². The third-order valence-corrected chi connectivity index (χ3v) is 6.86. The van der Waals surface area contributed by atoms with Crippen molar-refractivity contribution in [2.24, 2.45) is 0 Å². The van der Waals surface area contributed by atoms with Crippen molar-refractivity contribution in [1.29, 1.82) is 0 Å². The summed E-state index contributed by atoms with van der Waals surface area (Å²) in [7, 11) is 0. The molecule has 5 rings (SSSR count). The van der Waals surface area contributed by atoms with Crippen molar-refractivity contribution < 1.29 is 23.8 Å². The Kier molecular flexibility index (Phi) is 6.29. The van der Waals surface area contributed by atoms with Gasteiger partial charge in [-0.2, -0.15) is 0 Å². The molecule has 7 nitrogen and oxygen atoms in total. The third-order valence-electron chi connectivity index (χ3n) is 6.86. The van der Waals surface area contributed by atoms with Crippen LogP contribution in [-0.2, 0) is 28.0 Å². The van der Waals surface area contributed by atoms with Crippen molar-refractivity contribution >= 4 is 17.6 Å². The first-order valence-corrected chi connectivity index (χ1v) is 12.1. The number of carboxylic acids is 1. The maximum atomic E-state index is 13.8. The maximum absolute atomic E-state index is 13.8. The molecule has 1 atom stereocenters. The maximum Gasteiger partial charge on any atom is 0.327 e. The first kappa shape index (κ1) is 24.3. The Morgan fingerprint density at radius 2 is 1.78 bits per heavy atom. The molecule has 1 N–H and O–H groups in total. The molecule has 0 bridgehead atoms. The zero-order chi connectivity index (χ0) is 26.2. The number of anilines is 1. The largest absolute Gasteiger partial charge is 0.487 e. The van der Waals surface area contributed by atoms with Crippen molar-refractivity contribution in [2.75, 3.05) is 4.90 Å². The van der Waals surface area contributed by atoms with Gasteiger partial charge in [-0.05, 0) is 62.2 Å². The summed E-state index contributed by atoms with van der Waals surface area (Å²) in [5.41, 5.74) is 2.82. The monoisotopic (exact) mass is 496 g/mol. The third kappa shape index (κ3) is 4.60. The van der Waals surface area contributed by atoms with Crippen LogP contribution in [0.5, 0.6) is 5.75 Å². The molecule has 2 heterocycles. The first-order valence-electron chi connectivity index (χ1n) is 12.1. The van der Waals surface area contributed by atoms with E-state index in [-0.39, 0.29) is 12.5 Å². The molecular weight excluding hydrogens is 468 g/mol. The van der Waals surface area contributed by atoms with Crippen LogP contribution in [0.25, 0.3) is 11.5 Å². The Bertz CT molecular complexity index is 1460. The average molecular weight is 497 g/mol. The lowest BCUT2D eigenvalue weighted by atomic mass is 9.82. The molecule has 1 aliphatic heterocycles. The van der Waals surface area contributed by atoms with Gasteiger partial charge in [0, 0.05) is 17.7 Å². The summed E-state index contributed by atoms with van der Waals surface area (Å²) < 4.78 is 11.9. The van der Waals surface area contributed by atoms with E-state index in [1.807, 2.05) is 93.6 Å². The van der Waals surface area contributed by atoms with Gasteiger partial charge in [-0.25, -0.2) is 9.78 Å². The number of hydrogen-bond donors (Lipinski definition) is 1. The molecule has 37 heavy (non-hydrogen) atoms. The highest BCUT2D eigenvalue weighted by Gasteiger charge is 2.44. The Hall–Kier alpha value is -4.39. The number of hydrogen-bond acceptors (Lipinski definition) is 5. The standard InChI is InChI=1S/C30H28N2O5/c1-19-24(31-27(37-19)20-10-5-4-6-11-20)18-36-23-14-9-13-22(17-23)30(2,3)29(35)32-25-15-8-7-12-21(25)16-26(32)28(33)34/h4-15,17,26H,16,18H2,1-3H3,(H,33,34). The van der Waals surface area contributed by atoms with Gasteiger partial charge in [0.25, 0.3) is 0 Å². The predicted octanol–water partition coefficient (Wildman–Crippen LogP) is 5.55. The van der Waals surface area contributed by atoms with Gasteiger partial charge in [0.1, 0.15) is 29.9 Å². The van der Waals surface area contributed by atoms with E-state index in [0.717, 1.165) is 16.7 Å². The van der Waals surface area contributed by atoms with Gasteiger partial charge in [-0.3, -0.25) is 9.69 Å². The topological polar surface area (TPSA) is 92.9 Å². The molecule has 1 aliphatic rings. The van der Waals surface area contributed by atoms with Crippen LogP contribution in [0, 0.1) is 6.92 Å². The highest BCUT2D eigenvalue weighted by molar-refractivity contribution is 6.06. The highest BCUT2D eigenvalue weighted by Crippen LogP contribution is 2.37. The number of nitrogens with zero attached hydrogens (tertiary/aromatic N) is 2. The van der Waals surface area contributed by atoms with Gasteiger partial charge in [-0.15, -0.1) is 0 Å². The van der Waals surface area contributed by atoms with Gasteiger partial charge in [0.2, 0.25) is 11.8 Å². The van der Waals surface area contributed by atoms with Crippen LogP contribution in [0.15, 0.2) is 83.3 Å². The molecule has 0 spiro atoms. The molecule has 0 saturated carbocycles. The van der Waals surface area contributed by atoms with E-state index in [1.165, 1.54) is 4.90 Å². The van der Waals surface area contributed by atoms with E-state index in [1.54, 1.807) is 6.07 Å². The molecular formula is C30H28N2O5. The van der Waals surface area contributed by atoms with Gasteiger partial charge < -0.3 is 14.3 Å². The number of para-hydroxylation sites is 1. The lowest BCUT2D eigenvalue weighted by molar-refractivity contribution is -0.140. The number of rotatable bonds is 7. The Morgan fingerprint density at radius 1 is 1.05 bits per heavy atom. The summed E-state index contributed by atoms with van der Waals surface area (Å²) in [6, 6.07) is 23.4. The van der Waals surface area contributed by atoms with Crippen LogP contribution in [0.2, 0.25) is 0 Å². The number of ether oxygens (including phenoxy) is 1. The van der Waals surface area contributed by atoms with Crippen LogP contribution >= 0.6 is 0 Å².